The molecule has 2 rings (SSSR count). The van der Waals surface area contributed by atoms with Gasteiger partial charge in [-0.25, -0.2) is 4.98 Å². The van der Waals surface area contributed by atoms with Crippen molar-refractivity contribution in [2.45, 2.75) is 19.8 Å². The van der Waals surface area contributed by atoms with Gasteiger partial charge in [-0.15, -0.1) is 11.3 Å². The van der Waals surface area contributed by atoms with Crippen molar-refractivity contribution >= 4 is 11.3 Å². The number of thiazole rings is 1. The molecule has 2 nitrogen and oxygen atoms in total. The van der Waals surface area contributed by atoms with Crippen LogP contribution in [0.25, 0.3) is 10.4 Å². The van der Waals surface area contributed by atoms with Crippen molar-refractivity contribution in [2.24, 2.45) is 5.73 Å². The van der Waals surface area contributed by atoms with Gasteiger partial charge >= 0.3 is 0 Å². The summed E-state index contributed by atoms with van der Waals surface area (Å²) in [6.07, 6.45) is 3.97. The van der Waals surface area contributed by atoms with E-state index >= 15 is 0 Å². The van der Waals surface area contributed by atoms with Crippen LogP contribution in [-0.4, -0.2) is 11.5 Å². The van der Waals surface area contributed by atoms with Crippen molar-refractivity contribution in [1.29, 1.82) is 0 Å². The maximum absolute atomic E-state index is 5.49. The highest BCUT2D eigenvalue weighted by molar-refractivity contribution is 7.15. The van der Waals surface area contributed by atoms with Gasteiger partial charge < -0.3 is 5.73 Å². The summed E-state index contributed by atoms with van der Waals surface area (Å²) in [7, 11) is 0. The molecule has 2 N–H and O–H groups in total. The van der Waals surface area contributed by atoms with E-state index in [2.05, 4.69) is 36.2 Å². The number of nitrogens with zero attached hydrogens (tertiary/aromatic N) is 1. The summed E-state index contributed by atoms with van der Waals surface area (Å²) in [6.45, 7) is 2.84. The van der Waals surface area contributed by atoms with Crippen LogP contribution in [0.5, 0.6) is 0 Å². The highest BCUT2D eigenvalue weighted by Crippen LogP contribution is 2.26. The fraction of sp³-hybridized carbons (Fsp3) is 0.308. The summed E-state index contributed by atoms with van der Waals surface area (Å²) < 4.78 is 0. The summed E-state index contributed by atoms with van der Waals surface area (Å²) >= 11 is 1.77. The first-order chi connectivity index (χ1) is 7.79. The van der Waals surface area contributed by atoms with Crippen LogP contribution in [0.15, 0.2) is 30.5 Å². The molecule has 0 spiro atoms. The second-order valence-electron chi connectivity index (χ2n) is 3.88. The Morgan fingerprint density at radius 2 is 2.00 bits per heavy atom. The molecule has 3 heteroatoms. The molecule has 0 aliphatic rings. The van der Waals surface area contributed by atoms with Gasteiger partial charge in [0.15, 0.2) is 0 Å². The zero-order valence-electron chi connectivity index (χ0n) is 9.44. The SMILES string of the molecule is Cc1ccc(-c2cnc(CCCN)s2)cc1. The Hall–Kier alpha value is -1.19. The van der Waals surface area contributed by atoms with E-state index in [-0.39, 0.29) is 0 Å². The van der Waals surface area contributed by atoms with Crippen LogP contribution >= 0.6 is 11.3 Å². The molecule has 0 atom stereocenters. The molecule has 0 saturated heterocycles. The monoisotopic (exact) mass is 232 g/mol. The lowest BCUT2D eigenvalue weighted by molar-refractivity contribution is 0.826. The van der Waals surface area contributed by atoms with E-state index in [0.29, 0.717) is 0 Å². The average Bonchev–Trinajstić information content (AvgIpc) is 2.76. The smallest absolute Gasteiger partial charge is 0.0931 e. The van der Waals surface area contributed by atoms with E-state index in [9.17, 15) is 0 Å². The first-order valence-electron chi connectivity index (χ1n) is 5.51. The fourth-order valence-electron chi connectivity index (χ4n) is 1.53. The fourth-order valence-corrected chi connectivity index (χ4v) is 2.50. The van der Waals surface area contributed by atoms with Crippen LogP contribution < -0.4 is 5.73 Å². The van der Waals surface area contributed by atoms with Gasteiger partial charge in [0, 0.05) is 12.6 Å². The maximum Gasteiger partial charge on any atom is 0.0931 e. The molecule has 0 radical (unpaired) electrons. The van der Waals surface area contributed by atoms with Gasteiger partial charge in [0.1, 0.15) is 0 Å². The summed E-state index contributed by atoms with van der Waals surface area (Å²) in [5.41, 5.74) is 8.03. The largest absolute Gasteiger partial charge is 0.330 e. The lowest BCUT2D eigenvalue weighted by Crippen LogP contribution is -1.99. The Labute approximate surface area is 100 Å². The van der Waals surface area contributed by atoms with Gasteiger partial charge in [-0.05, 0) is 25.5 Å². The molecule has 0 aliphatic heterocycles. The Morgan fingerprint density at radius 1 is 1.25 bits per heavy atom. The van der Waals surface area contributed by atoms with Crippen LogP contribution in [0.4, 0.5) is 0 Å². The molecule has 0 saturated carbocycles. The summed E-state index contributed by atoms with van der Waals surface area (Å²) in [6, 6.07) is 8.56. The highest BCUT2D eigenvalue weighted by atomic mass is 32.1. The van der Waals surface area contributed by atoms with Crippen molar-refractivity contribution in [3.63, 3.8) is 0 Å². The number of benzene rings is 1. The average molecular weight is 232 g/mol. The zero-order valence-corrected chi connectivity index (χ0v) is 10.3. The molecule has 0 fully saturated rings. The van der Waals surface area contributed by atoms with Crippen LogP contribution in [0.3, 0.4) is 0 Å². The Bertz CT molecular complexity index is 445. The number of rotatable bonds is 4. The molecule has 2 aromatic rings. The van der Waals surface area contributed by atoms with E-state index in [1.165, 1.54) is 21.0 Å². The van der Waals surface area contributed by atoms with Crippen molar-refractivity contribution in [3.8, 4) is 10.4 Å². The number of nitrogens with two attached hydrogens (primary N) is 1. The third kappa shape index (κ3) is 2.68. The summed E-state index contributed by atoms with van der Waals surface area (Å²) in [5, 5.41) is 1.18. The van der Waals surface area contributed by atoms with E-state index in [4.69, 9.17) is 5.73 Å². The molecular weight excluding hydrogens is 216 g/mol. The van der Waals surface area contributed by atoms with Crippen molar-refractivity contribution in [2.75, 3.05) is 6.54 Å². The van der Waals surface area contributed by atoms with Crippen LogP contribution in [-0.2, 0) is 6.42 Å². The molecule has 16 heavy (non-hydrogen) atoms. The van der Waals surface area contributed by atoms with Crippen molar-refractivity contribution in [3.05, 3.63) is 41.0 Å². The van der Waals surface area contributed by atoms with Gasteiger partial charge in [-0.1, -0.05) is 29.8 Å². The molecule has 84 valence electrons. The number of aryl methyl sites for hydroxylation is 2. The van der Waals surface area contributed by atoms with Gasteiger partial charge in [-0.3, -0.25) is 0 Å². The number of hydrogen-bond acceptors (Lipinski definition) is 3. The standard InChI is InChI=1S/C13H16N2S/c1-10-4-6-11(7-5-10)12-9-15-13(16-12)3-2-8-14/h4-7,9H,2-3,8,14H2,1H3. The van der Waals surface area contributed by atoms with E-state index < -0.39 is 0 Å². The zero-order chi connectivity index (χ0) is 11.4. The lowest BCUT2D eigenvalue weighted by Gasteiger charge is -1.96. The third-order valence-corrected chi connectivity index (χ3v) is 3.59. The molecule has 1 heterocycles. The van der Waals surface area contributed by atoms with Crippen LogP contribution in [0, 0.1) is 6.92 Å². The van der Waals surface area contributed by atoms with Crippen molar-refractivity contribution in [1.82, 2.24) is 4.98 Å². The van der Waals surface area contributed by atoms with Gasteiger partial charge in [0.2, 0.25) is 0 Å². The Kier molecular flexibility index (Phi) is 3.70. The number of aromatic nitrogens is 1. The van der Waals surface area contributed by atoms with E-state index in [1.54, 1.807) is 11.3 Å². The van der Waals surface area contributed by atoms with E-state index in [0.717, 1.165) is 19.4 Å². The minimum absolute atomic E-state index is 0.736. The second-order valence-corrected chi connectivity index (χ2v) is 4.99. The predicted octanol–water partition coefficient (Wildman–Crippen LogP) is 3.01. The summed E-state index contributed by atoms with van der Waals surface area (Å²) in [5.74, 6) is 0. The first kappa shape index (κ1) is 11.3. The van der Waals surface area contributed by atoms with E-state index in [1.807, 2.05) is 6.20 Å². The maximum atomic E-state index is 5.49. The normalized spacial score (nSPS) is 10.6. The minimum Gasteiger partial charge on any atom is -0.330 e. The molecular formula is C13H16N2S. The second kappa shape index (κ2) is 5.23. The molecule has 1 aromatic carbocycles. The third-order valence-electron chi connectivity index (χ3n) is 2.48. The molecule has 0 unspecified atom stereocenters. The van der Waals surface area contributed by atoms with Crippen LogP contribution in [0.2, 0.25) is 0 Å². The van der Waals surface area contributed by atoms with Gasteiger partial charge in [0.05, 0.1) is 9.88 Å². The highest BCUT2D eigenvalue weighted by Gasteiger charge is 2.03. The summed E-state index contributed by atoms with van der Waals surface area (Å²) in [4.78, 5) is 5.66. The molecule has 1 aromatic heterocycles. The molecule has 0 amide bonds. The van der Waals surface area contributed by atoms with Crippen LogP contribution in [0.1, 0.15) is 17.0 Å². The van der Waals surface area contributed by atoms with Gasteiger partial charge in [0.25, 0.3) is 0 Å². The lowest BCUT2D eigenvalue weighted by atomic mass is 10.1. The Morgan fingerprint density at radius 3 is 2.69 bits per heavy atom. The predicted molar refractivity (Wildman–Crippen MR) is 69.7 cm³/mol. The molecule has 0 bridgehead atoms. The minimum atomic E-state index is 0.736. The number of hydrogen-bond donors (Lipinski definition) is 1. The van der Waals surface area contributed by atoms with Crippen molar-refractivity contribution < 1.29 is 0 Å². The Balaban J connectivity index is 2.15. The van der Waals surface area contributed by atoms with Gasteiger partial charge in [-0.2, -0.15) is 0 Å². The molecule has 0 aliphatic carbocycles. The first-order valence-corrected chi connectivity index (χ1v) is 6.33. The quantitative estimate of drug-likeness (QED) is 0.880. The topological polar surface area (TPSA) is 38.9 Å².